The van der Waals surface area contributed by atoms with E-state index in [9.17, 15) is 0 Å². The number of aromatic nitrogens is 3. The Morgan fingerprint density at radius 1 is 1.04 bits per heavy atom. The zero-order valence-corrected chi connectivity index (χ0v) is 15.4. The van der Waals surface area contributed by atoms with Crippen molar-refractivity contribution in [3.8, 4) is 0 Å². The van der Waals surface area contributed by atoms with Crippen molar-refractivity contribution in [3.63, 3.8) is 0 Å². The molecule has 0 radical (unpaired) electrons. The molecule has 0 fully saturated rings. The van der Waals surface area contributed by atoms with Crippen LogP contribution in [0.3, 0.4) is 0 Å². The fourth-order valence-corrected chi connectivity index (χ4v) is 3.29. The van der Waals surface area contributed by atoms with Crippen molar-refractivity contribution in [3.05, 3.63) is 77.9 Å². The second-order valence-corrected chi connectivity index (χ2v) is 7.04. The van der Waals surface area contributed by atoms with Crippen LogP contribution in [0.15, 0.2) is 61.1 Å². The molecule has 132 valence electrons. The Bertz CT molecular complexity index is 770. The summed E-state index contributed by atoms with van der Waals surface area (Å²) in [5.74, 6) is 1.05. The molecule has 0 amide bonds. The van der Waals surface area contributed by atoms with Crippen LogP contribution in [-0.4, -0.2) is 20.9 Å². The van der Waals surface area contributed by atoms with Gasteiger partial charge in [0, 0.05) is 56.9 Å². The maximum absolute atomic E-state index is 4.31. The molecule has 0 spiro atoms. The summed E-state index contributed by atoms with van der Waals surface area (Å²) >= 11 is 0. The van der Waals surface area contributed by atoms with E-state index in [2.05, 4.69) is 83.7 Å². The lowest BCUT2D eigenvalue weighted by Gasteiger charge is -2.21. The van der Waals surface area contributed by atoms with Crippen LogP contribution >= 0.6 is 0 Å². The molecule has 0 unspecified atom stereocenters. The summed E-state index contributed by atoms with van der Waals surface area (Å²) in [7, 11) is 2.02. The second-order valence-electron chi connectivity index (χ2n) is 7.04. The molecular weight excluding hydrogens is 308 g/mol. The zero-order valence-electron chi connectivity index (χ0n) is 15.4. The average Bonchev–Trinajstić information content (AvgIpc) is 3.21. The van der Waals surface area contributed by atoms with Crippen molar-refractivity contribution in [2.24, 2.45) is 13.0 Å². The minimum Gasteiger partial charge on any atom is -0.350 e. The molecule has 2 aromatic heterocycles. The molecule has 4 heteroatoms. The summed E-state index contributed by atoms with van der Waals surface area (Å²) in [4.78, 5) is 0. The Hall–Kier alpha value is -2.33. The first kappa shape index (κ1) is 17.5. The van der Waals surface area contributed by atoms with E-state index in [1.54, 1.807) is 0 Å². The maximum atomic E-state index is 4.31. The van der Waals surface area contributed by atoms with Gasteiger partial charge in [0.2, 0.25) is 0 Å². The summed E-state index contributed by atoms with van der Waals surface area (Å²) in [6.07, 6.45) is 6.27. The molecule has 0 saturated heterocycles. The van der Waals surface area contributed by atoms with E-state index in [1.165, 1.54) is 16.8 Å². The van der Waals surface area contributed by atoms with Crippen molar-refractivity contribution < 1.29 is 0 Å². The molecule has 0 aliphatic carbocycles. The molecule has 2 heterocycles. The lowest BCUT2D eigenvalue weighted by molar-refractivity contribution is 0.437. The minimum atomic E-state index is 0.471. The quantitative estimate of drug-likeness (QED) is 0.679. The molecule has 0 bridgehead atoms. The predicted octanol–water partition coefficient (Wildman–Crippen LogP) is 3.80. The number of benzene rings is 1. The Balaban J connectivity index is 1.54. The van der Waals surface area contributed by atoms with Crippen LogP contribution < -0.4 is 5.32 Å². The van der Waals surface area contributed by atoms with Crippen molar-refractivity contribution in [1.29, 1.82) is 0 Å². The number of nitrogens with one attached hydrogen (secondary N) is 1. The van der Waals surface area contributed by atoms with Gasteiger partial charge >= 0.3 is 0 Å². The van der Waals surface area contributed by atoms with E-state index >= 15 is 0 Å². The molecule has 3 aromatic rings. The van der Waals surface area contributed by atoms with Gasteiger partial charge in [-0.1, -0.05) is 44.2 Å². The van der Waals surface area contributed by atoms with Crippen molar-refractivity contribution >= 4 is 0 Å². The summed E-state index contributed by atoms with van der Waals surface area (Å²) in [5, 5.41) is 7.94. The van der Waals surface area contributed by atoms with E-state index in [4.69, 9.17) is 0 Å². The van der Waals surface area contributed by atoms with Crippen molar-refractivity contribution in [2.45, 2.75) is 32.9 Å². The summed E-state index contributed by atoms with van der Waals surface area (Å²) < 4.78 is 4.23. The number of hydrogen-bond acceptors (Lipinski definition) is 2. The van der Waals surface area contributed by atoms with E-state index in [-0.39, 0.29) is 0 Å². The molecule has 0 aliphatic heterocycles. The van der Waals surface area contributed by atoms with Crippen LogP contribution in [0, 0.1) is 5.92 Å². The van der Waals surface area contributed by atoms with Crippen molar-refractivity contribution in [2.75, 3.05) is 6.54 Å². The predicted molar refractivity (Wildman–Crippen MR) is 102 cm³/mol. The topological polar surface area (TPSA) is 34.8 Å². The normalized spacial score (nSPS) is 12.6. The number of rotatable bonds is 8. The number of aryl methyl sites for hydroxylation is 1. The van der Waals surface area contributed by atoms with Crippen LogP contribution in [0.25, 0.3) is 0 Å². The maximum Gasteiger partial charge on any atom is 0.0492 e. The molecule has 1 aromatic carbocycles. The lowest BCUT2D eigenvalue weighted by atomic mass is 9.92. The van der Waals surface area contributed by atoms with Gasteiger partial charge in [0.1, 0.15) is 0 Å². The summed E-state index contributed by atoms with van der Waals surface area (Å²) in [6.45, 7) is 7.32. The monoisotopic (exact) mass is 336 g/mol. The highest BCUT2D eigenvalue weighted by Gasteiger charge is 2.18. The third kappa shape index (κ3) is 4.60. The summed E-state index contributed by atoms with van der Waals surface area (Å²) in [6, 6.07) is 14.9. The van der Waals surface area contributed by atoms with Gasteiger partial charge in [0.05, 0.1) is 0 Å². The van der Waals surface area contributed by atoms with Crippen LogP contribution in [0.2, 0.25) is 0 Å². The van der Waals surface area contributed by atoms with Gasteiger partial charge < -0.3 is 9.88 Å². The number of hydrogen-bond donors (Lipinski definition) is 1. The minimum absolute atomic E-state index is 0.471. The van der Waals surface area contributed by atoms with E-state index in [0.717, 1.165) is 19.6 Å². The van der Waals surface area contributed by atoms with Gasteiger partial charge in [-0.05, 0) is 29.2 Å². The Kier molecular flexibility index (Phi) is 5.71. The van der Waals surface area contributed by atoms with Gasteiger partial charge in [-0.2, -0.15) is 5.10 Å². The first-order valence-corrected chi connectivity index (χ1v) is 9.00. The SMILES string of the molecule is CC(C)[C@H](CNCc1ccn(Cc2ccccc2)c1)c1ccnn1C. The second kappa shape index (κ2) is 8.17. The highest BCUT2D eigenvalue weighted by Crippen LogP contribution is 2.23. The van der Waals surface area contributed by atoms with Gasteiger partial charge in [0.25, 0.3) is 0 Å². The van der Waals surface area contributed by atoms with Gasteiger partial charge in [-0.25, -0.2) is 0 Å². The Morgan fingerprint density at radius 2 is 1.84 bits per heavy atom. The Labute approximate surface area is 150 Å². The van der Waals surface area contributed by atoms with Crippen LogP contribution in [-0.2, 0) is 20.1 Å². The van der Waals surface area contributed by atoms with Gasteiger partial charge in [-0.15, -0.1) is 0 Å². The lowest BCUT2D eigenvalue weighted by Crippen LogP contribution is -2.26. The smallest absolute Gasteiger partial charge is 0.0492 e. The molecular formula is C21H28N4. The average molecular weight is 336 g/mol. The largest absolute Gasteiger partial charge is 0.350 e. The molecule has 0 saturated carbocycles. The zero-order chi connectivity index (χ0) is 17.6. The third-order valence-corrected chi connectivity index (χ3v) is 4.76. The van der Waals surface area contributed by atoms with Gasteiger partial charge in [-0.3, -0.25) is 4.68 Å². The molecule has 1 atom stereocenters. The van der Waals surface area contributed by atoms with Crippen LogP contribution in [0.1, 0.15) is 36.6 Å². The first-order chi connectivity index (χ1) is 12.1. The molecule has 1 N–H and O–H groups in total. The van der Waals surface area contributed by atoms with Crippen LogP contribution in [0.5, 0.6) is 0 Å². The highest BCUT2D eigenvalue weighted by molar-refractivity contribution is 5.17. The highest BCUT2D eigenvalue weighted by atomic mass is 15.3. The molecule has 0 aliphatic rings. The van der Waals surface area contributed by atoms with Crippen LogP contribution in [0.4, 0.5) is 0 Å². The molecule has 25 heavy (non-hydrogen) atoms. The fraction of sp³-hybridized carbons (Fsp3) is 0.381. The van der Waals surface area contributed by atoms with Gasteiger partial charge in [0.15, 0.2) is 0 Å². The van der Waals surface area contributed by atoms with E-state index < -0.39 is 0 Å². The molecule has 3 rings (SSSR count). The standard InChI is InChI=1S/C21H28N4/c1-17(2)20(21-9-11-23-24(21)3)14-22-13-19-10-12-25(16-19)15-18-7-5-4-6-8-18/h4-12,16-17,20,22H,13-15H2,1-3H3/t20-/m0/s1. The number of nitrogens with zero attached hydrogens (tertiary/aromatic N) is 3. The first-order valence-electron chi connectivity index (χ1n) is 9.00. The van der Waals surface area contributed by atoms with Crippen molar-refractivity contribution in [1.82, 2.24) is 19.7 Å². The third-order valence-electron chi connectivity index (χ3n) is 4.76. The summed E-state index contributed by atoms with van der Waals surface area (Å²) in [5.41, 5.74) is 3.95. The Morgan fingerprint density at radius 3 is 2.52 bits per heavy atom. The van der Waals surface area contributed by atoms with E-state index in [1.807, 2.05) is 17.9 Å². The molecule has 4 nitrogen and oxygen atoms in total. The fourth-order valence-electron chi connectivity index (χ4n) is 3.29. The van der Waals surface area contributed by atoms with E-state index in [0.29, 0.717) is 11.8 Å².